The lowest BCUT2D eigenvalue weighted by Gasteiger charge is -2.17. The van der Waals surface area contributed by atoms with Gasteiger partial charge in [0.15, 0.2) is 5.43 Å². The van der Waals surface area contributed by atoms with E-state index in [9.17, 15) is 9.18 Å². The van der Waals surface area contributed by atoms with Gasteiger partial charge in [-0.1, -0.05) is 25.1 Å². The van der Waals surface area contributed by atoms with Gasteiger partial charge in [-0.25, -0.2) is 4.39 Å². The van der Waals surface area contributed by atoms with Gasteiger partial charge in [0.05, 0.1) is 24.6 Å². The van der Waals surface area contributed by atoms with E-state index in [2.05, 4.69) is 6.58 Å². The van der Waals surface area contributed by atoms with Crippen LogP contribution in [0.4, 0.5) is 4.39 Å². The molecule has 0 spiro atoms. The molecular weight excluding hydrogens is 357 g/mol. The van der Waals surface area contributed by atoms with Crippen LogP contribution >= 0.6 is 0 Å². The Balaban J connectivity index is 2.29. The average Bonchev–Trinajstić information content (AvgIpc) is 2.72. The number of benzene rings is 2. The molecule has 0 fully saturated rings. The fourth-order valence-corrected chi connectivity index (χ4v) is 3.17. The lowest BCUT2D eigenvalue weighted by atomic mass is 10.0. The zero-order valence-corrected chi connectivity index (χ0v) is 16.2. The molecule has 1 heterocycles. The molecule has 146 valence electrons. The van der Waals surface area contributed by atoms with Gasteiger partial charge in [-0.3, -0.25) is 4.79 Å². The zero-order valence-electron chi connectivity index (χ0n) is 16.2. The molecule has 0 amide bonds. The lowest BCUT2D eigenvalue weighted by Crippen LogP contribution is -2.15. The third kappa shape index (κ3) is 3.79. The first-order valence-electron chi connectivity index (χ1n) is 9.34. The summed E-state index contributed by atoms with van der Waals surface area (Å²) in [4.78, 5) is 13.2. The van der Waals surface area contributed by atoms with Crippen LogP contribution in [0.15, 0.2) is 60.0 Å². The van der Waals surface area contributed by atoms with E-state index >= 15 is 0 Å². The topological polar surface area (TPSA) is 40.5 Å². The minimum atomic E-state index is -0.549. The van der Waals surface area contributed by atoms with Crippen molar-refractivity contribution in [2.24, 2.45) is 0 Å². The number of nitrogens with zero attached hydrogens (tertiary/aromatic N) is 1. The highest BCUT2D eigenvalue weighted by molar-refractivity contribution is 5.89. The molecule has 0 unspecified atom stereocenters. The van der Waals surface area contributed by atoms with Crippen molar-refractivity contribution in [1.82, 2.24) is 4.57 Å². The number of aromatic nitrogens is 1. The zero-order chi connectivity index (χ0) is 20.1. The monoisotopic (exact) mass is 381 g/mol. The summed E-state index contributed by atoms with van der Waals surface area (Å²) in [5.74, 6) is 0.658. The van der Waals surface area contributed by atoms with Crippen LogP contribution < -0.4 is 14.9 Å². The standard InChI is InChI=1S/C23H24FNO3/c1-4-6-13-25-15-18(16-7-9-17(27-3)10-8-16)23(26)21-19(24)11-12-20(22(21)25)28-14-5-2/h4,7-12,15H,1,5-6,13-14H2,2-3H3. The molecule has 2 aromatic carbocycles. The third-order valence-electron chi connectivity index (χ3n) is 4.57. The van der Waals surface area contributed by atoms with Gasteiger partial charge in [-0.2, -0.15) is 0 Å². The molecule has 3 rings (SSSR count). The maximum absolute atomic E-state index is 14.8. The third-order valence-corrected chi connectivity index (χ3v) is 4.57. The Morgan fingerprint density at radius 3 is 2.57 bits per heavy atom. The molecule has 0 radical (unpaired) electrons. The number of pyridine rings is 1. The highest BCUT2D eigenvalue weighted by Gasteiger charge is 2.18. The molecule has 5 heteroatoms. The van der Waals surface area contributed by atoms with Crippen LogP contribution in [0.2, 0.25) is 0 Å². The summed E-state index contributed by atoms with van der Waals surface area (Å²) in [6.07, 6.45) is 5.07. The van der Waals surface area contributed by atoms with E-state index in [1.54, 1.807) is 49.7 Å². The van der Waals surface area contributed by atoms with Crippen LogP contribution in [-0.2, 0) is 6.54 Å². The van der Waals surface area contributed by atoms with Gasteiger partial charge in [-0.15, -0.1) is 6.58 Å². The summed E-state index contributed by atoms with van der Waals surface area (Å²) in [5, 5.41) is 0.0472. The summed E-state index contributed by atoms with van der Waals surface area (Å²) in [7, 11) is 1.58. The maximum Gasteiger partial charge on any atom is 0.200 e. The molecule has 0 aliphatic rings. The number of allylic oxidation sites excluding steroid dienone is 1. The Hall–Kier alpha value is -3.08. The van der Waals surface area contributed by atoms with E-state index in [4.69, 9.17) is 9.47 Å². The lowest BCUT2D eigenvalue weighted by molar-refractivity contribution is 0.319. The van der Waals surface area contributed by atoms with Crippen LogP contribution in [-0.4, -0.2) is 18.3 Å². The predicted molar refractivity (Wildman–Crippen MR) is 111 cm³/mol. The molecule has 3 aromatic rings. The SMILES string of the molecule is C=CCCn1cc(-c2ccc(OC)cc2)c(=O)c2c(F)ccc(OCCC)c21. The van der Waals surface area contributed by atoms with Gasteiger partial charge in [0.25, 0.3) is 0 Å². The van der Waals surface area contributed by atoms with Crippen LogP contribution in [0, 0.1) is 5.82 Å². The quantitative estimate of drug-likeness (QED) is 0.505. The van der Waals surface area contributed by atoms with E-state index in [0.717, 1.165) is 6.42 Å². The fraction of sp³-hybridized carbons (Fsp3) is 0.261. The summed E-state index contributed by atoms with van der Waals surface area (Å²) in [6, 6.07) is 10.0. The molecule has 0 aliphatic heterocycles. The number of halogens is 1. The van der Waals surface area contributed by atoms with Crippen molar-refractivity contribution >= 4 is 10.9 Å². The van der Waals surface area contributed by atoms with E-state index < -0.39 is 5.82 Å². The van der Waals surface area contributed by atoms with Crippen molar-refractivity contribution in [1.29, 1.82) is 0 Å². The Labute approximate surface area is 163 Å². The Morgan fingerprint density at radius 2 is 1.93 bits per heavy atom. The van der Waals surface area contributed by atoms with E-state index in [-0.39, 0.29) is 10.8 Å². The first-order chi connectivity index (χ1) is 13.6. The predicted octanol–water partition coefficient (Wildman–Crippen LogP) is 5.18. The van der Waals surface area contributed by atoms with Gasteiger partial charge in [0.2, 0.25) is 0 Å². The number of ether oxygens (including phenoxy) is 2. The minimum absolute atomic E-state index is 0.0472. The molecule has 28 heavy (non-hydrogen) atoms. The van der Waals surface area contributed by atoms with Gasteiger partial charge in [0.1, 0.15) is 17.3 Å². The fourth-order valence-electron chi connectivity index (χ4n) is 3.17. The Kier molecular flexibility index (Phi) is 6.14. The minimum Gasteiger partial charge on any atom is -0.497 e. The van der Waals surface area contributed by atoms with E-state index in [1.807, 2.05) is 11.5 Å². The normalized spacial score (nSPS) is 10.8. The summed E-state index contributed by atoms with van der Waals surface area (Å²) >= 11 is 0. The first kappa shape index (κ1) is 19.7. The largest absolute Gasteiger partial charge is 0.497 e. The molecule has 0 saturated heterocycles. The van der Waals surface area contributed by atoms with Crippen molar-refractivity contribution in [2.75, 3.05) is 13.7 Å². The Morgan fingerprint density at radius 1 is 1.18 bits per heavy atom. The second-order valence-electron chi connectivity index (χ2n) is 6.49. The van der Waals surface area contributed by atoms with Crippen LogP contribution in [0.5, 0.6) is 11.5 Å². The van der Waals surface area contributed by atoms with Crippen molar-refractivity contribution in [3.05, 3.63) is 71.3 Å². The number of aryl methyl sites for hydroxylation is 1. The molecule has 1 aromatic heterocycles. The number of methoxy groups -OCH3 is 1. The summed E-state index contributed by atoms with van der Waals surface area (Å²) < 4.78 is 27.6. The number of hydrogen-bond acceptors (Lipinski definition) is 3. The van der Waals surface area contributed by atoms with Crippen LogP contribution in [0.25, 0.3) is 22.0 Å². The molecule has 0 saturated carbocycles. The molecule has 0 aliphatic carbocycles. The average molecular weight is 381 g/mol. The number of rotatable bonds is 8. The number of fused-ring (bicyclic) bond motifs is 1. The second kappa shape index (κ2) is 8.74. The summed E-state index contributed by atoms with van der Waals surface area (Å²) in [6.45, 7) is 6.83. The smallest absolute Gasteiger partial charge is 0.200 e. The van der Waals surface area contributed by atoms with Gasteiger partial charge < -0.3 is 14.0 Å². The molecule has 0 atom stereocenters. The van der Waals surface area contributed by atoms with Gasteiger partial charge in [-0.05, 0) is 42.7 Å². The van der Waals surface area contributed by atoms with E-state index in [1.165, 1.54) is 6.07 Å². The van der Waals surface area contributed by atoms with Crippen molar-refractivity contribution in [3.63, 3.8) is 0 Å². The van der Waals surface area contributed by atoms with Crippen molar-refractivity contribution in [3.8, 4) is 22.6 Å². The molecule has 0 N–H and O–H groups in total. The molecule has 4 nitrogen and oxygen atoms in total. The van der Waals surface area contributed by atoms with Crippen molar-refractivity contribution < 1.29 is 13.9 Å². The molecule has 0 bridgehead atoms. The number of hydrogen-bond donors (Lipinski definition) is 0. The van der Waals surface area contributed by atoms with Gasteiger partial charge >= 0.3 is 0 Å². The first-order valence-corrected chi connectivity index (χ1v) is 9.34. The summed E-state index contributed by atoms with van der Waals surface area (Å²) in [5.41, 5.74) is 1.28. The van der Waals surface area contributed by atoms with Gasteiger partial charge in [0, 0.05) is 18.3 Å². The highest BCUT2D eigenvalue weighted by Crippen LogP contribution is 2.30. The second-order valence-corrected chi connectivity index (χ2v) is 6.49. The van der Waals surface area contributed by atoms with Crippen LogP contribution in [0.1, 0.15) is 19.8 Å². The Bertz CT molecular complexity index is 1040. The maximum atomic E-state index is 14.8. The highest BCUT2D eigenvalue weighted by atomic mass is 19.1. The van der Waals surface area contributed by atoms with Crippen LogP contribution in [0.3, 0.4) is 0 Å². The van der Waals surface area contributed by atoms with E-state index in [0.29, 0.717) is 47.7 Å². The van der Waals surface area contributed by atoms with Crippen molar-refractivity contribution in [2.45, 2.75) is 26.3 Å². The molecular formula is C23H24FNO3.